The van der Waals surface area contributed by atoms with Crippen LogP contribution in [0.3, 0.4) is 0 Å². The molecule has 3 rings (SSSR count). The zero-order valence-electron chi connectivity index (χ0n) is 19.3. The predicted octanol–water partition coefficient (Wildman–Crippen LogP) is 4.15. The van der Waals surface area contributed by atoms with E-state index in [-0.39, 0.29) is 36.4 Å². The fourth-order valence-corrected chi connectivity index (χ4v) is 3.90. The van der Waals surface area contributed by atoms with Gasteiger partial charge in [-0.05, 0) is 12.1 Å². The molecule has 1 aliphatic rings. The fourth-order valence-electron chi connectivity index (χ4n) is 3.18. The number of aromatic nitrogens is 4. The zero-order chi connectivity index (χ0) is 27.0. The highest BCUT2D eigenvalue weighted by Gasteiger charge is 2.27. The molecule has 0 bridgehead atoms. The Morgan fingerprint density at radius 3 is 2.68 bits per heavy atom. The molecule has 37 heavy (non-hydrogen) atoms. The van der Waals surface area contributed by atoms with Crippen molar-refractivity contribution in [3.05, 3.63) is 53.2 Å². The lowest BCUT2D eigenvalue weighted by molar-refractivity contribution is -0.125. The number of urea groups is 1. The molecule has 0 aliphatic carbocycles. The van der Waals surface area contributed by atoms with Crippen molar-refractivity contribution in [3.8, 4) is 5.88 Å². The van der Waals surface area contributed by atoms with Gasteiger partial charge in [-0.1, -0.05) is 24.3 Å². The Kier molecular flexibility index (Phi) is 9.63. The van der Waals surface area contributed by atoms with E-state index in [1.807, 2.05) is 4.90 Å². The Morgan fingerprint density at radius 2 is 2.03 bits per heavy atom. The third-order valence-electron chi connectivity index (χ3n) is 5.01. The molecular weight excluding hydrogens is 540 g/mol. The molecule has 0 spiro atoms. The molecule has 0 saturated carbocycles. The van der Waals surface area contributed by atoms with Crippen LogP contribution in [0.5, 0.6) is 5.88 Å². The molecular formula is C21H23ClF4N8O2S. The highest BCUT2D eigenvalue weighted by atomic mass is 35.5. The van der Waals surface area contributed by atoms with Crippen LogP contribution >= 0.6 is 23.3 Å². The molecule has 2 aromatic heterocycles. The fraction of sp³-hybridized carbons (Fsp3) is 0.381. The summed E-state index contributed by atoms with van der Waals surface area (Å²) in [5.41, 5.74) is 5.88. The molecule has 1 saturated heterocycles. The van der Waals surface area contributed by atoms with E-state index in [1.54, 1.807) is 6.07 Å². The standard InChI is InChI=1S/C21H23ClF4N8O2S/c1-2-16(15(23)11-13(22)3-5-21(24,25)26)30-20(35)34-9-7-33(8-10-34)17-18(32-37-31-17)36-12-14-4-6-28-19(27)29-14/h2-4,6H,1,5,7-12H2,(H,30,35)(H2,27,28,29)/b13-3+,16-15-. The number of halogens is 5. The van der Waals surface area contributed by atoms with Gasteiger partial charge in [0.1, 0.15) is 12.4 Å². The van der Waals surface area contributed by atoms with E-state index < -0.39 is 30.9 Å². The summed E-state index contributed by atoms with van der Waals surface area (Å²) in [7, 11) is 0. The van der Waals surface area contributed by atoms with Crippen LogP contribution < -0.4 is 20.7 Å². The Morgan fingerprint density at radius 1 is 1.30 bits per heavy atom. The van der Waals surface area contributed by atoms with E-state index >= 15 is 0 Å². The number of alkyl halides is 3. The van der Waals surface area contributed by atoms with E-state index in [0.717, 1.165) is 17.8 Å². The molecule has 1 aliphatic heterocycles. The average Bonchev–Trinajstić information content (AvgIpc) is 3.33. The number of hydrogen-bond acceptors (Lipinski definition) is 9. The minimum Gasteiger partial charge on any atom is -0.468 e. The number of piperazine rings is 1. The third kappa shape index (κ3) is 8.56. The Labute approximate surface area is 218 Å². The first-order valence-corrected chi connectivity index (χ1v) is 11.9. The van der Waals surface area contributed by atoms with Gasteiger partial charge >= 0.3 is 12.2 Å². The number of nitrogen functional groups attached to an aromatic ring is 1. The molecule has 200 valence electrons. The monoisotopic (exact) mass is 562 g/mol. The first kappa shape index (κ1) is 28.1. The average molecular weight is 563 g/mol. The number of carbonyl (C=O) groups excluding carboxylic acids is 1. The maximum Gasteiger partial charge on any atom is 0.392 e. The van der Waals surface area contributed by atoms with Gasteiger partial charge in [-0.15, -0.1) is 4.37 Å². The van der Waals surface area contributed by atoms with Crippen LogP contribution in [0, 0.1) is 0 Å². The highest BCUT2D eigenvalue weighted by molar-refractivity contribution is 6.99. The van der Waals surface area contributed by atoms with E-state index in [4.69, 9.17) is 22.1 Å². The third-order valence-corrected chi connectivity index (χ3v) is 5.80. The smallest absolute Gasteiger partial charge is 0.392 e. The van der Waals surface area contributed by atoms with Crippen LogP contribution in [-0.4, -0.2) is 62.0 Å². The SMILES string of the molecule is C=C/C(NC(=O)N1CCN(c2nsnc2OCc2ccnc(N)n2)CC1)=C(/F)C/C(Cl)=C\CC(F)(F)F. The zero-order valence-corrected chi connectivity index (χ0v) is 20.9. The van der Waals surface area contributed by atoms with E-state index in [0.29, 0.717) is 36.6 Å². The molecule has 1 fully saturated rings. The van der Waals surface area contributed by atoms with Crippen molar-refractivity contribution in [3.63, 3.8) is 0 Å². The molecule has 2 amide bonds. The lowest BCUT2D eigenvalue weighted by atomic mass is 10.2. The molecule has 0 radical (unpaired) electrons. The Bertz CT molecular complexity index is 1170. The molecule has 0 atom stereocenters. The molecule has 10 nitrogen and oxygen atoms in total. The van der Waals surface area contributed by atoms with Gasteiger partial charge in [0, 0.05) is 43.8 Å². The Balaban J connectivity index is 1.54. The van der Waals surface area contributed by atoms with Crippen molar-refractivity contribution in [1.82, 2.24) is 28.9 Å². The number of ether oxygens (including phenoxy) is 1. The minimum absolute atomic E-state index is 0.116. The molecule has 3 heterocycles. The van der Waals surface area contributed by atoms with Crippen molar-refractivity contribution in [2.45, 2.75) is 25.6 Å². The quantitative estimate of drug-likeness (QED) is 0.345. The number of nitrogens with two attached hydrogens (primary N) is 1. The summed E-state index contributed by atoms with van der Waals surface area (Å²) < 4.78 is 65.6. The van der Waals surface area contributed by atoms with Gasteiger partial charge in [0.2, 0.25) is 11.8 Å². The summed E-state index contributed by atoms with van der Waals surface area (Å²) in [4.78, 5) is 23.9. The largest absolute Gasteiger partial charge is 0.468 e. The second-order valence-electron chi connectivity index (χ2n) is 7.66. The maximum absolute atomic E-state index is 14.5. The number of allylic oxidation sites excluding steroid dienone is 4. The van der Waals surface area contributed by atoms with Crippen LogP contribution in [0.2, 0.25) is 0 Å². The Hall–Kier alpha value is -3.46. The lowest BCUT2D eigenvalue weighted by Gasteiger charge is -2.34. The van der Waals surface area contributed by atoms with Crippen molar-refractivity contribution in [2.24, 2.45) is 0 Å². The summed E-state index contributed by atoms with van der Waals surface area (Å²) in [6.45, 7) is 4.93. The molecule has 0 aromatic carbocycles. The number of hydrogen-bond donors (Lipinski definition) is 2. The van der Waals surface area contributed by atoms with Gasteiger partial charge < -0.3 is 25.6 Å². The van der Waals surface area contributed by atoms with Crippen LogP contribution in [0.4, 0.5) is 34.1 Å². The summed E-state index contributed by atoms with van der Waals surface area (Å²) >= 11 is 6.68. The van der Waals surface area contributed by atoms with E-state index in [2.05, 4.69) is 30.6 Å². The minimum atomic E-state index is -4.45. The summed E-state index contributed by atoms with van der Waals surface area (Å²) in [6.07, 6.45) is -3.08. The summed E-state index contributed by atoms with van der Waals surface area (Å²) in [5, 5.41) is 2.05. The van der Waals surface area contributed by atoms with Crippen molar-refractivity contribution in [2.75, 3.05) is 36.8 Å². The number of carbonyl (C=O) groups is 1. The second kappa shape index (κ2) is 12.7. The van der Waals surface area contributed by atoms with Crippen LogP contribution in [-0.2, 0) is 6.61 Å². The van der Waals surface area contributed by atoms with Crippen LogP contribution in [0.1, 0.15) is 18.5 Å². The van der Waals surface area contributed by atoms with Gasteiger partial charge in [0.15, 0.2) is 0 Å². The summed E-state index contributed by atoms with van der Waals surface area (Å²) in [6, 6.07) is 1.07. The first-order valence-electron chi connectivity index (χ1n) is 10.8. The van der Waals surface area contributed by atoms with Crippen molar-refractivity contribution in [1.29, 1.82) is 0 Å². The molecule has 2 aromatic rings. The second-order valence-corrected chi connectivity index (χ2v) is 8.68. The number of nitrogens with one attached hydrogen (secondary N) is 1. The molecule has 0 unspecified atom stereocenters. The van der Waals surface area contributed by atoms with E-state index in [1.165, 1.54) is 11.1 Å². The summed E-state index contributed by atoms with van der Waals surface area (Å²) in [5.74, 6) is 0.0493. The van der Waals surface area contributed by atoms with E-state index in [9.17, 15) is 22.4 Å². The van der Waals surface area contributed by atoms with Crippen molar-refractivity contribution >= 4 is 41.1 Å². The first-order chi connectivity index (χ1) is 17.6. The molecule has 3 N–H and O–H groups in total. The number of nitrogens with zero attached hydrogens (tertiary/aromatic N) is 6. The number of amides is 2. The highest BCUT2D eigenvalue weighted by Crippen LogP contribution is 2.28. The van der Waals surface area contributed by atoms with Crippen LogP contribution in [0.15, 0.2) is 47.6 Å². The van der Waals surface area contributed by atoms with Gasteiger partial charge in [-0.2, -0.15) is 17.5 Å². The van der Waals surface area contributed by atoms with Crippen molar-refractivity contribution < 1.29 is 27.1 Å². The topological polar surface area (TPSA) is 122 Å². The lowest BCUT2D eigenvalue weighted by Crippen LogP contribution is -2.51. The van der Waals surface area contributed by atoms with Gasteiger partial charge in [-0.25, -0.2) is 19.2 Å². The maximum atomic E-state index is 14.5. The van der Waals surface area contributed by atoms with Gasteiger partial charge in [-0.3, -0.25) is 0 Å². The van der Waals surface area contributed by atoms with Gasteiger partial charge in [0.05, 0.1) is 29.5 Å². The molecule has 16 heteroatoms. The van der Waals surface area contributed by atoms with Crippen LogP contribution in [0.25, 0.3) is 0 Å². The number of anilines is 2. The van der Waals surface area contributed by atoms with Gasteiger partial charge in [0.25, 0.3) is 5.88 Å². The predicted molar refractivity (Wildman–Crippen MR) is 131 cm³/mol. The normalized spacial score (nSPS) is 15.3. The number of rotatable bonds is 9.